The molecule has 4 aromatic rings. The summed E-state index contributed by atoms with van der Waals surface area (Å²) in [6.07, 6.45) is -1.27. The van der Waals surface area contributed by atoms with Crippen LogP contribution < -0.4 is 9.80 Å². The third-order valence-corrected chi connectivity index (χ3v) is 8.60. The maximum atomic E-state index is 14.2. The number of nitrogens with zero attached hydrogens (tertiary/aromatic N) is 4. The number of carbonyl (C=O) groups is 2. The number of benzene rings is 4. The van der Waals surface area contributed by atoms with E-state index >= 15 is 0 Å². The Morgan fingerprint density at radius 1 is 0.780 bits per heavy atom. The van der Waals surface area contributed by atoms with Gasteiger partial charge in [0.05, 0.1) is 11.4 Å². The number of aliphatic hydroxyl groups is 1. The number of amides is 2. The first-order chi connectivity index (χ1) is 20.0. The second-order valence-electron chi connectivity index (χ2n) is 9.93. The van der Waals surface area contributed by atoms with Crippen LogP contribution >= 0.6 is 11.8 Å². The minimum atomic E-state index is -1.27. The number of piperazine rings is 1. The number of carboxylic acid groups (broad SMARTS) is 1. The third kappa shape index (κ3) is 5.27. The Labute approximate surface area is 243 Å². The van der Waals surface area contributed by atoms with Gasteiger partial charge in [-0.2, -0.15) is 0 Å². The van der Waals surface area contributed by atoms with Gasteiger partial charge in [-0.05, 0) is 48.0 Å². The fourth-order valence-electron chi connectivity index (χ4n) is 5.46. The van der Waals surface area contributed by atoms with Crippen LogP contribution in [0.5, 0.6) is 0 Å². The summed E-state index contributed by atoms with van der Waals surface area (Å²) in [5.74, 6) is -0.376. The molecule has 0 radical (unpaired) electrons. The number of anilines is 4. The number of aliphatic hydroxyl groups excluding tert-OH is 1. The molecule has 0 bridgehead atoms. The summed E-state index contributed by atoms with van der Waals surface area (Å²) < 4.78 is 0. The standard InChI is InChI=1S/C32H30N4O4S/c37-30(38)28-21-33(31(39)36-26-16-8-7-11-23(26)22-41-29-18-10-9-17-27(29)36)19-20-34(28)32(40)35(24-12-3-1-4-13-24)25-14-5-2-6-15-25/h1-18,28,32,40H,19-22H2,(H,37,38)/t28-,32?/m0/s1. The number of thioether (sulfide) groups is 1. The molecule has 0 aromatic heterocycles. The summed E-state index contributed by atoms with van der Waals surface area (Å²) in [5.41, 5.74) is 4.06. The number of carboxylic acids is 1. The van der Waals surface area contributed by atoms with Crippen molar-refractivity contribution in [3.63, 3.8) is 0 Å². The normalized spacial score (nSPS) is 17.6. The smallest absolute Gasteiger partial charge is 0.329 e. The summed E-state index contributed by atoms with van der Waals surface area (Å²) in [5, 5.41) is 22.0. The number of hydrogen-bond acceptors (Lipinski definition) is 6. The van der Waals surface area contributed by atoms with E-state index in [4.69, 9.17) is 0 Å². The number of carbonyl (C=O) groups excluding carboxylic acids is 1. The number of fused-ring (bicyclic) bond motifs is 2. The maximum absolute atomic E-state index is 14.2. The van der Waals surface area contributed by atoms with Crippen molar-refractivity contribution in [2.75, 3.05) is 29.4 Å². The van der Waals surface area contributed by atoms with Crippen molar-refractivity contribution < 1.29 is 19.8 Å². The molecule has 0 spiro atoms. The molecule has 208 valence electrons. The molecule has 6 rings (SSSR count). The minimum absolute atomic E-state index is 0.0728. The Balaban J connectivity index is 1.31. The summed E-state index contributed by atoms with van der Waals surface area (Å²) in [4.78, 5) is 34.4. The highest BCUT2D eigenvalue weighted by Crippen LogP contribution is 2.43. The summed E-state index contributed by atoms with van der Waals surface area (Å²) >= 11 is 1.68. The van der Waals surface area contributed by atoms with Gasteiger partial charge in [0, 0.05) is 41.7 Å². The van der Waals surface area contributed by atoms with Crippen molar-refractivity contribution in [2.45, 2.75) is 23.0 Å². The molecule has 1 saturated heterocycles. The quantitative estimate of drug-likeness (QED) is 0.298. The van der Waals surface area contributed by atoms with Gasteiger partial charge in [-0.3, -0.25) is 9.69 Å². The molecule has 2 heterocycles. The van der Waals surface area contributed by atoms with Crippen LogP contribution in [0.4, 0.5) is 27.5 Å². The average Bonchev–Trinajstić information content (AvgIpc) is 3.18. The lowest BCUT2D eigenvalue weighted by molar-refractivity contribution is -0.151. The number of rotatable bonds is 5. The molecule has 0 saturated carbocycles. The van der Waals surface area contributed by atoms with Gasteiger partial charge in [-0.25, -0.2) is 9.69 Å². The molecule has 1 unspecified atom stereocenters. The first kappa shape index (κ1) is 26.9. The molecule has 0 aliphatic carbocycles. The topological polar surface area (TPSA) is 87.6 Å². The molecule has 2 N–H and O–H groups in total. The van der Waals surface area contributed by atoms with E-state index in [1.165, 1.54) is 0 Å². The zero-order chi connectivity index (χ0) is 28.3. The molecule has 2 atom stereocenters. The van der Waals surface area contributed by atoms with E-state index in [1.807, 2.05) is 109 Å². The number of aliphatic carboxylic acids is 1. The molecule has 41 heavy (non-hydrogen) atoms. The van der Waals surface area contributed by atoms with E-state index in [9.17, 15) is 19.8 Å². The molecule has 2 aliphatic rings. The zero-order valence-electron chi connectivity index (χ0n) is 22.3. The maximum Gasteiger partial charge on any atom is 0.329 e. The van der Waals surface area contributed by atoms with Gasteiger partial charge >= 0.3 is 12.0 Å². The average molecular weight is 567 g/mol. The predicted octanol–water partition coefficient (Wildman–Crippen LogP) is 5.74. The Morgan fingerprint density at radius 2 is 1.37 bits per heavy atom. The van der Waals surface area contributed by atoms with Crippen molar-refractivity contribution in [3.8, 4) is 0 Å². The predicted molar refractivity (Wildman–Crippen MR) is 161 cm³/mol. The van der Waals surface area contributed by atoms with Gasteiger partial charge in [0.15, 0.2) is 6.35 Å². The molecule has 4 aromatic carbocycles. The summed E-state index contributed by atoms with van der Waals surface area (Å²) in [6, 6.07) is 33.0. The molecular weight excluding hydrogens is 536 g/mol. The van der Waals surface area contributed by atoms with Gasteiger partial charge < -0.3 is 20.0 Å². The van der Waals surface area contributed by atoms with Gasteiger partial charge in [0.1, 0.15) is 6.04 Å². The van der Waals surface area contributed by atoms with Crippen LogP contribution in [0.1, 0.15) is 5.56 Å². The van der Waals surface area contributed by atoms with Gasteiger partial charge in [0.25, 0.3) is 0 Å². The Morgan fingerprint density at radius 3 is 2.02 bits per heavy atom. The molecule has 2 amide bonds. The monoisotopic (exact) mass is 566 g/mol. The van der Waals surface area contributed by atoms with E-state index < -0.39 is 18.4 Å². The third-order valence-electron chi connectivity index (χ3n) is 7.49. The molecule has 8 nitrogen and oxygen atoms in total. The van der Waals surface area contributed by atoms with E-state index in [-0.39, 0.29) is 25.7 Å². The Hall–Kier alpha value is -4.31. The fourth-order valence-corrected chi connectivity index (χ4v) is 6.49. The second-order valence-corrected chi connectivity index (χ2v) is 10.9. The van der Waals surface area contributed by atoms with Gasteiger partial charge in [0.2, 0.25) is 0 Å². The van der Waals surface area contributed by atoms with Crippen LogP contribution in [0, 0.1) is 0 Å². The van der Waals surface area contributed by atoms with Gasteiger partial charge in [-0.15, -0.1) is 11.8 Å². The summed E-state index contributed by atoms with van der Waals surface area (Å²) in [6.45, 7) is 0.355. The van der Waals surface area contributed by atoms with Gasteiger partial charge in [-0.1, -0.05) is 66.7 Å². The Kier molecular flexibility index (Phi) is 7.65. The van der Waals surface area contributed by atoms with Crippen LogP contribution in [0.15, 0.2) is 114 Å². The van der Waals surface area contributed by atoms with E-state index in [1.54, 1.807) is 31.4 Å². The highest BCUT2D eigenvalue weighted by molar-refractivity contribution is 7.98. The van der Waals surface area contributed by atoms with Crippen LogP contribution in [0.3, 0.4) is 0 Å². The van der Waals surface area contributed by atoms with E-state index in [0.29, 0.717) is 0 Å². The molecular formula is C32H30N4O4S. The van der Waals surface area contributed by atoms with Crippen LogP contribution in [0.2, 0.25) is 0 Å². The van der Waals surface area contributed by atoms with Crippen LogP contribution in [0.25, 0.3) is 0 Å². The SMILES string of the molecule is O=C(O)[C@@H]1CN(C(=O)N2c3ccccc3CSc3ccccc32)CCN1C(O)N(c1ccccc1)c1ccccc1. The minimum Gasteiger partial charge on any atom is -0.480 e. The summed E-state index contributed by atoms with van der Waals surface area (Å²) in [7, 11) is 0. The van der Waals surface area contributed by atoms with Crippen molar-refractivity contribution in [3.05, 3.63) is 115 Å². The van der Waals surface area contributed by atoms with E-state index in [0.717, 1.165) is 39.0 Å². The van der Waals surface area contributed by atoms with E-state index in [2.05, 4.69) is 0 Å². The lowest BCUT2D eigenvalue weighted by Gasteiger charge is -2.45. The molecule has 9 heteroatoms. The van der Waals surface area contributed by atoms with Crippen molar-refractivity contribution >= 4 is 46.5 Å². The Bertz CT molecular complexity index is 1450. The largest absolute Gasteiger partial charge is 0.480 e. The second kappa shape index (κ2) is 11.7. The first-order valence-corrected chi connectivity index (χ1v) is 14.5. The molecule has 2 aliphatic heterocycles. The lowest BCUT2D eigenvalue weighted by Crippen LogP contribution is -2.64. The van der Waals surface area contributed by atoms with Crippen LogP contribution in [-0.2, 0) is 10.5 Å². The van der Waals surface area contributed by atoms with Crippen molar-refractivity contribution in [1.29, 1.82) is 0 Å². The van der Waals surface area contributed by atoms with Crippen LogP contribution in [-0.4, -0.2) is 64.0 Å². The highest BCUT2D eigenvalue weighted by atomic mass is 32.2. The molecule has 1 fully saturated rings. The van der Waals surface area contributed by atoms with Crippen molar-refractivity contribution in [2.24, 2.45) is 0 Å². The first-order valence-electron chi connectivity index (χ1n) is 13.5. The number of para-hydroxylation sites is 4. The lowest BCUT2D eigenvalue weighted by atomic mass is 10.1. The number of urea groups is 1. The highest BCUT2D eigenvalue weighted by Gasteiger charge is 2.41. The van der Waals surface area contributed by atoms with Crippen molar-refractivity contribution in [1.82, 2.24) is 9.80 Å². The number of hydrogen-bond donors (Lipinski definition) is 2. The zero-order valence-corrected chi connectivity index (χ0v) is 23.1. The fraction of sp³-hybridized carbons (Fsp3) is 0.188.